The number of amides is 1. The summed E-state index contributed by atoms with van der Waals surface area (Å²) < 4.78 is 0. The minimum Gasteiger partial charge on any atom is -0.343 e. The Morgan fingerprint density at radius 2 is 1.84 bits per heavy atom. The van der Waals surface area contributed by atoms with E-state index in [1.54, 1.807) is 6.20 Å². The molecule has 1 fully saturated rings. The lowest BCUT2D eigenvalue weighted by Gasteiger charge is -2.32. The topological polar surface area (TPSA) is 33.2 Å². The van der Waals surface area contributed by atoms with Gasteiger partial charge in [-0.1, -0.05) is 35.9 Å². The first kappa shape index (κ1) is 17.7. The zero-order chi connectivity index (χ0) is 17.5. The summed E-state index contributed by atoms with van der Waals surface area (Å²) in [6.45, 7) is 3.97. The van der Waals surface area contributed by atoms with Crippen molar-refractivity contribution in [1.82, 2.24) is 9.88 Å². The number of carbonyl (C=O) groups is 1. The number of likely N-dealkylation sites (tertiary alicyclic amines) is 1. The van der Waals surface area contributed by atoms with E-state index in [2.05, 4.69) is 41.1 Å². The first-order valence-electron chi connectivity index (χ1n) is 9.43. The fourth-order valence-corrected chi connectivity index (χ4v) is 3.55. The van der Waals surface area contributed by atoms with Crippen LogP contribution >= 0.6 is 0 Å². The second-order valence-electron chi connectivity index (χ2n) is 7.21. The number of aromatic nitrogens is 1. The molecule has 1 aliphatic rings. The van der Waals surface area contributed by atoms with E-state index in [1.807, 2.05) is 18.3 Å². The van der Waals surface area contributed by atoms with Crippen LogP contribution < -0.4 is 0 Å². The molecule has 0 spiro atoms. The molecular weight excluding hydrogens is 308 g/mol. The zero-order valence-corrected chi connectivity index (χ0v) is 15.2. The molecule has 3 heteroatoms. The third kappa shape index (κ3) is 5.42. The number of benzene rings is 1. The third-order valence-corrected chi connectivity index (χ3v) is 5.28. The zero-order valence-electron chi connectivity index (χ0n) is 15.2. The molecule has 2 heterocycles. The second-order valence-corrected chi connectivity index (χ2v) is 7.21. The molecule has 132 valence electrons. The van der Waals surface area contributed by atoms with Gasteiger partial charge < -0.3 is 4.90 Å². The summed E-state index contributed by atoms with van der Waals surface area (Å²) in [4.78, 5) is 18.6. The molecule has 0 aliphatic carbocycles. The van der Waals surface area contributed by atoms with Crippen molar-refractivity contribution < 1.29 is 4.79 Å². The van der Waals surface area contributed by atoms with Crippen molar-refractivity contribution in [2.75, 3.05) is 13.1 Å². The van der Waals surface area contributed by atoms with Crippen molar-refractivity contribution in [3.63, 3.8) is 0 Å². The van der Waals surface area contributed by atoms with E-state index in [0.29, 0.717) is 12.3 Å². The molecule has 2 aromatic rings. The van der Waals surface area contributed by atoms with E-state index >= 15 is 0 Å². The largest absolute Gasteiger partial charge is 0.343 e. The molecular formula is C22H28N2O. The molecule has 0 atom stereocenters. The predicted octanol–water partition coefficient (Wildman–Crippen LogP) is 4.19. The van der Waals surface area contributed by atoms with Gasteiger partial charge in [0.05, 0.1) is 0 Å². The van der Waals surface area contributed by atoms with Gasteiger partial charge >= 0.3 is 0 Å². The van der Waals surface area contributed by atoms with Crippen LogP contribution in [-0.4, -0.2) is 28.9 Å². The van der Waals surface area contributed by atoms with Crippen LogP contribution in [0.3, 0.4) is 0 Å². The molecule has 1 aromatic heterocycles. The molecule has 25 heavy (non-hydrogen) atoms. The Morgan fingerprint density at radius 1 is 1.08 bits per heavy atom. The lowest BCUT2D eigenvalue weighted by atomic mass is 9.90. The number of hydrogen-bond acceptors (Lipinski definition) is 2. The summed E-state index contributed by atoms with van der Waals surface area (Å²) in [7, 11) is 0. The second kappa shape index (κ2) is 8.80. The smallest absolute Gasteiger partial charge is 0.222 e. The van der Waals surface area contributed by atoms with Crippen LogP contribution in [0.15, 0.2) is 48.8 Å². The normalized spacial score (nSPS) is 15.3. The van der Waals surface area contributed by atoms with Crippen LogP contribution in [-0.2, 0) is 17.6 Å². The van der Waals surface area contributed by atoms with Crippen LogP contribution in [0.2, 0.25) is 0 Å². The molecule has 3 rings (SSSR count). The van der Waals surface area contributed by atoms with Crippen LogP contribution in [0.1, 0.15) is 42.4 Å². The highest BCUT2D eigenvalue weighted by molar-refractivity contribution is 5.76. The Balaban J connectivity index is 1.37. The Kier molecular flexibility index (Phi) is 6.21. The molecule has 0 radical (unpaired) electrons. The number of carbonyl (C=O) groups excluding carboxylic acids is 1. The van der Waals surface area contributed by atoms with Crippen LogP contribution in [0.5, 0.6) is 0 Å². The van der Waals surface area contributed by atoms with E-state index in [-0.39, 0.29) is 0 Å². The molecule has 3 nitrogen and oxygen atoms in total. The van der Waals surface area contributed by atoms with E-state index in [0.717, 1.165) is 50.3 Å². The minimum absolute atomic E-state index is 0.292. The van der Waals surface area contributed by atoms with Gasteiger partial charge in [0.15, 0.2) is 0 Å². The van der Waals surface area contributed by atoms with Gasteiger partial charge in [-0.25, -0.2) is 0 Å². The van der Waals surface area contributed by atoms with Crippen LogP contribution in [0.4, 0.5) is 0 Å². The molecule has 1 saturated heterocycles. The summed E-state index contributed by atoms with van der Waals surface area (Å²) in [5.41, 5.74) is 3.89. The Bertz CT molecular complexity index is 658. The van der Waals surface area contributed by atoms with Gasteiger partial charge in [0, 0.05) is 31.9 Å². The summed E-state index contributed by atoms with van der Waals surface area (Å²) in [6.07, 6.45) is 9.69. The Morgan fingerprint density at radius 3 is 2.52 bits per heavy atom. The Labute approximate surface area is 151 Å². The molecule has 1 amide bonds. The highest BCUT2D eigenvalue weighted by Gasteiger charge is 2.22. The van der Waals surface area contributed by atoms with Crippen molar-refractivity contribution >= 4 is 5.91 Å². The number of nitrogens with zero attached hydrogens (tertiary/aromatic N) is 2. The van der Waals surface area contributed by atoms with E-state index in [9.17, 15) is 4.79 Å². The van der Waals surface area contributed by atoms with Crippen molar-refractivity contribution in [3.8, 4) is 0 Å². The SMILES string of the molecule is Cc1ccc(CCC2CCN(C(=O)CCc3cccnc3)CC2)cc1. The van der Waals surface area contributed by atoms with E-state index in [4.69, 9.17) is 0 Å². The number of pyridine rings is 1. The van der Waals surface area contributed by atoms with Crippen LogP contribution in [0.25, 0.3) is 0 Å². The van der Waals surface area contributed by atoms with Crippen molar-refractivity contribution in [2.45, 2.75) is 45.4 Å². The van der Waals surface area contributed by atoms with Crippen molar-refractivity contribution in [2.24, 2.45) is 5.92 Å². The lowest BCUT2D eigenvalue weighted by molar-refractivity contribution is -0.132. The van der Waals surface area contributed by atoms with Gasteiger partial charge in [0.2, 0.25) is 5.91 Å². The molecule has 1 aliphatic heterocycles. The van der Waals surface area contributed by atoms with Crippen molar-refractivity contribution in [3.05, 3.63) is 65.5 Å². The number of piperidine rings is 1. The maximum atomic E-state index is 12.4. The maximum Gasteiger partial charge on any atom is 0.222 e. The molecule has 0 bridgehead atoms. The lowest BCUT2D eigenvalue weighted by Crippen LogP contribution is -2.38. The summed E-state index contributed by atoms with van der Waals surface area (Å²) >= 11 is 0. The van der Waals surface area contributed by atoms with Gasteiger partial charge in [-0.15, -0.1) is 0 Å². The van der Waals surface area contributed by atoms with E-state index in [1.165, 1.54) is 17.5 Å². The van der Waals surface area contributed by atoms with Gasteiger partial charge in [-0.2, -0.15) is 0 Å². The summed E-state index contributed by atoms with van der Waals surface area (Å²) in [6, 6.07) is 12.8. The molecule has 0 N–H and O–H groups in total. The summed E-state index contributed by atoms with van der Waals surface area (Å²) in [5, 5.41) is 0. The monoisotopic (exact) mass is 336 g/mol. The highest BCUT2D eigenvalue weighted by Crippen LogP contribution is 2.23. The fourth-order valence-electron chi connectivity index (χ4n) is 3.55. The average molecular weight is 336 g/mol. The predicted molar refractivity (Wildman–Crippen MR) is 101 cm³/mol. The van der Waals surface area contributed by atoms with E-state index < -0.39 is 0 Å². The van der Waals surface area contributed by atoms with Crippen molar-refractivity contribution in [1.29, 1.82) is 0 Å². The number of rotatable bonds is 6. The molecule has 0 saturated carbocycles. The molecule has 1 aromatic carbocycles. The van der Waals surface area contributed by atoms with Crippen LogP contribution in [0, 0.1) is 12.8 Å². The highest BCUT2D eigenvalue weighted by atomic mass is 16.2. The number of hydrogen-bond donors (Lipinski definition) is 0. The first-order chi connectivity index (χ1) is 12.2. The first-order valence-corrected chi connectivity index (χ1v) is 9.43. The van der Waals surface area contributed by atoms with Gasteiger partial charge in [0.1, 0.15) is 0 Å². The van der Waals surface area contributed by atoms with Gasteiger partial charge in [-0.05, 0) is 62.1 Å². The standard InChI is InChI=1S/C22H28N2O/c1-18-4-6-19(7-5-18)8-9-20-12-15-24(16-13-20)22(25)11-10-21-3-2-14-23-17-21/h2-7,14,17,20H,8-13,15-16H2,1H3. The average Bonchev–Trinajstić information content (AvgIpc) is 2.67. The molecule has 0 unspecified atom stereocenters. The van der Waals surface area contributed by atoms with Gasteiger partial charge in [-0.3, -0.25) is 9.78 Å². The minimum atomic E-state index is 0.292. The Hall–Kier alpha value is -2.16. The van der Waals surface area contributed by atoms with Gasteiger partial charge in [0.25, 0.3) is 0 Å². The fraction of sp³-hybridized carbons (Fsp3) is 0.455. The number of aryl methyl sites for hydroxylation is 3. The summed E-state index contributed by atoms with van der Waals surface area (Å²) in [5.74, 6) is 1.05. The quantitative estimate of drug-likeness (QED) is 0.792. The maximum absolute atomic E-state index is 12.4. The third-order valence-electron chi connectivity index (χ3n) is 5.28.